The molecule has 35 atom stereocenters. The monoisotopic (exact) mass is 1210 g/mol. The Kier molecular flexibility index (Phi) is 21.8. The van der Waals surface area contributed by atoms with Gasteiger partial charge in [-0.15, -0.1) is 0 Å². The van der Waals surface area contributed by atoms with Crippen LogP contribution in [0, 0.1) is 6.92 Å². The fourth-order valence-corrected chi connectivity index (χ4v) is 11.3. The van der Waals surface area contributed by atoms with Crippen molar-refractivity contribution in [2.45, 2.75) is 228 Å². The standard InChI is InChI=1S/C48H76NO34/c1-13-2-4-49(5-3-13)6-14-35-21(56)28(63)42(70-14)78-36-15(7-50)72-44(30(65)23(36)58)80-38-17(9-52)74-46(32(67)25(38)60)82-40-19(11-54)76-48(34(69)27(40)62)83-41-20(12-55)75-47(33(68)26(41)61)81-39-18(10-53)73-45(31(66)24(39)59)79-37-16(8-51)71-43(77-35)29(64)22(37)57/h2-5,14-48,50-69H,6-12H2,1H3/q+1/t14-,15+,16-,17+,18-,19+,20-,21+,22+,23-,24+,25+,26+,27+,28+,29+,30-,31+,32-,33+,34+,35+,36+,37+,38+,39+,40+,41+,42+,43+,44+,45+,46+,47+,48+/m0/s1. The molecule has 35 nitrogen and oxygen atoms in total. The molecule has 0 spiro atoms. The summed E-state index contributed by atoms with van der Waals surface area (Å²) in [6.07, 6.45) is -66.0. The lowest BCUT2D eigenvalue weighted by Crippen LogP contribution is -2.68. The summed E-state index contributed by atoms with van der Waals surface area (Å²) >= 11 is 0. The molecule has 0 radical (unpaired) electrons. The third-order valence-corrected chi connectivity index (χ3v) is 16.1. The van der Waals surface area contributed by atoms with Crippen molar-refractivity contribution in [3.8, 4) is 0 Å². The Hall–Kier alpha value is -2.21. The van der Waals surface area contributed by atoms with E-state index >= 15 is 0 Å². The number of aliphatic hydroxyl groups is 20. The zero-order valence-electron chi connectivity index (χ0n) is 44.1. The average molecular weight is 1210 g/mol. The molecule has 0 saturated carbocycles. The van der Waals surface area contributed by atoms with E-state index in [0.29, 0.717) is 0 Å². The first-order valence-electron chi connectivity index (χ1n) is 26.9. The van der Waals surface area contributed by atoms with Gasteiger partial charge in [0.2, 0.25) is 0 Å². The van der Waals surface area contributed by atoms with E-state index in [-0.39, 0.29) is 6.54 Å². The van der Waals surface area contributed by atoms with Crippen molar-refractivity contribution in [1.29, 1.82) is 0 Å². The third kappa shape index (κ3) is 13.1. The van der Waals surface area contributed by atoms with Crippen LogP contribution in [0.3, 0.4) is 0 Å². The Morgan fingerprint density at radius 1 is 0.265 bits per heavy atom. The van der Waals surface area contributed by atoms with Crippen molar-refractivity contribution in [1.82, 2.24) is 0 Å². The van der Waals surface area contributed by atoms with E-state index in [9.17, 15) is 102 Å². The summed E-state index contributed by atoms with van der Waals surface area (Å²) in [5.74, 6) is 0. The van der Waals surface area contributed by atoms with Crippen LogP contribution < -0.4 is 4.57 Å². The van der Waals surface area contributed by atoms with E-state index in [2.05, 4.69) is 0 Å². The van der Waals surface area contributed by atoms with Crippen molar-refractivity contribution in [3.05, 3.63) is 30.1 Å². The average Bonchev–Trinajstić information content (AvgIpc) is 3.30. The van der Waals surface area contributed by atoms with Crippen molar-refractivity contribution in [2.75, 3.05) is 39.6 Å². The van der Waals surface area contributed by atoms with Gasteiger partial charge in [-0.1, -0.05) is 0 Å². The van der Waals surface area contributed by atoms with Crippen LogP contribution in [0.5, 0.6) is 0 Å². The Morgan fingerprint density at radius 3 is 0.614 bits per heavy atom. The van der Waals surface area contributed by atoms with Gasteiger partial charge in [-0.05, 0) is 12.5 Å². The number of aromatic nitrogens is 1. The van der Waals surface area contributed by atoms with Gasteiger partial charge in [0.25, 0.3) is 0 Å². The first kappa shape index (κ1) is 65.2. The van der Waals surface area contributed by atoms with Gasteiger partial charge in [-0.3, -0.25) is 0 Å². The minimum Gasteiger partial charge on any atom is -0.394 e. The molecule has 20 N–H and O–H groups in total. The first-order chi connectivity index (χ1) is 39.6. The van der Waals surface area contributed by atoms with Gasteiger partial charge in [0.05, 0.1) is 39.6 Å². The maximum Gasteiger partial charge on any atom is 0.187 e. The van der Waals surface area contributed by atoms with Crippen molar-refractivity contribution in [3.63, 3.8) is 0 Å². The number of nitrogens with zero attached hydrogens (tertiary/aromatic N) is 1. The minimum absolute atomic E-state index is 0.241. The van der Waals surface area contributed by atoms with Gasteiger partial charge >= 0.3 is 0 Å². The number of hydrogen-bond acceptors (Lipinski definition) is 34. The molecule has 21 saturated heterocycles. The molecule has 1 aromatic heterocycles. The molecule has 21 fully saturated rings. The lowest BCUT2D eigenvalue weighted by molar-refractivity contribution is -0.707. The van der Waals surface area contributed by atoms with Gasteiger partial charge in [-0.2, -0.15) is 0 Å². The summed E-state index contributed by atoms with van der Waals surface area (Å²) in [6, 6.07) is 3.41. The Bertz CT molecular complexity index is 2170. The first-order valence-corrected chi connectivity index (χ1v) is 26.9. The lowest BCUT2D eigenvalue weighted by Gasteiger charge is -2.50. The summed E-state index contributed by atoms with van der Waals surface area (Å²) < 4.78 is 83.0. The molecular weight excluding hydrogens is 1130 g/mol. The van der Waals surface area contributed by atoms with Crippen LogP contribution in [0.15, 0.2) is 24.5 Å². The molecular formula is C48H76NO34+. The number of hydrogen-bond donors (Lipinski definition) is 20. The van der Waals surface area contributed by atoms with Crippen LogP contribution in [-0.2, 0) is 72.9 Å². The highest BCUT2D eigenvalue weighted by molar-refractivity contribution is 5.04. The predicted molar refractivity (Wildman–Crippen MR) is 253 cm³/mol. The van der Waals surface area contributed by atoms with E-state index < -0.39 is 255 Å². The molecule has 22 rings (SSSR count). The number of ether oxygens (including phenoxy) is 14. The molecule has 476 valence electrons. The summed E-state index contributed by atoms with van der Waals surface area (Å²) in [7, 11) is 0. The molecule has 0 amide bonds. The van der Waals surface area contributed by atoms with E-state index in [1.54, 1.807) is 36.0 Å². The molecule has 22 heterocycles. The number of aryl methyl sites for hydroxylation is 1. The molecule has 14 bridgehead atoms. The molecule has 1 aromatic rings. The highest BCUT2D eigenvalue weighted by Gasteiger charge is 2.60. The Balaban J connectivity index is 1.02. The summed E-state index contributed by atoms with van der Waals surface area (Å²) in [5.41, 5.74) is 0.826. The Labute approximate surface area is 470 Å². The largest absolute Gasteiger partial charge is 0.394 e. The summed E-state index contributed by atoms with van der Waals surface area (Å²) in [4.78, 5) is 0. The van der Waals surface area contributed by atoms with Gasteiger partial charge in [0.15, 0.2) is 63.0 Å². The number of rotatable bonds is 8. The van der Waals surface area contributed by atoms with E-state index in [1.165, 1.54) is 0 Å². The molecule has 21 aliphatic rings. The van der Waals surface area contributed by atoms with Gasteiger partial charge < -0.3 is 168 Å². The summed E-state index contributed by atoms with van der Waals surface area (Å²) in [6.45, 7) is -4.64. The normalized spacial score (nSPS) is 52.2. The van der Waals surface area contributed by atoms with Crippen LogP contribution in [0.1, 0.15) is 5.56 Å². The maximum absolute atomic E-state index is 11.8. The molecule has 21 aliphatic heterocycles. The molecule has 35 heteroatoms. The second-order valence-electron chi connectivity index (χ2n) is 21.5. The molecule has 0 aliphatic carbocycles. The maximum atomic E-state index is 11.8. The van der Waals surface area contributed by atoms with Crippen LogP contribution in [0.25, 0.3) is 0 Å². The highest BCUT2D eigenvalue weighted by atomic mass is 16.8. The quantitative estimate of drug-likeness (QED) is 0.107. The lowest BCUT2D eigenvalue weighted by atomic mass is 9.95. The molecule has 0 aromatic carbocycles. The van der Waals surface area contributed by atoms with Crippen molar-refractivity contribution in [2.24, 2.45) is 0 Å². The Morgan fingerprint density at radius 2 is 0.434 bits per heavy atom. The number of pyridine rings is 1. The van der Waals surface area contributed by atoms with Crippen LogP contribution in [0.4, 0.5) is 0 Å². The van der Waals surface area contributed by atoms with E-state index in [4.69, 9.17) is 66.3 Å². The second-order valence-corrected chi connectivity index (χ2v) is 21.5. The fraction of sp³-hybridized carbons (Fsp3) is 0.896. The fourth-order valence-electron chi connectivity index (χ4n) is 11.3. The van der Waals surface area contributed by atoms with Gasteiger partial charge in [-0.25, -0.2) is 4.57 Å². The van der Waals surface area contributed by atoms with Gasteiger partial charge in [0.1, 0.15) is 171 Å². The van der Waals surface area contributed by atoms with Crippen LogP contribution >= 0.6 is 0 Å². The zero-order chi connectivity index (χ0) is 60.0. The SMILES string of the molecule is Cc1cc[n+](C[C@@H]2O[C@@H]3O[C@H]4[C@@H](O)[C@H](O)[C@@H](O[C@H]5[C@H](O)[C@H](O)[C@@H](O[C@H]6[C@H](O)[C@@H](O)[C@@H](O[C@H]7[C@H](O)[C@@H](O)[C@@H](O[C@H]8[C@H](O)[C@@H](O)[C@@H](O[C@H]9[C@H](O)[C@@H](O)[C@@H](O[C@H]2[C@H](O)[C@H]3O)O[C@H]9CO)O[C@H]8CO)O[C@H]7CO)O[C@@H]6CO)O[C@@H]5CO)O[C@@H]4CO)cc1. The van der Waals surface area contributed by atoms with Crippen LogP contribution in [-0.4, -0.2) is 357 Å². The van der Waals surface area contributed by atoms with Crippen molar-refractivity contribution < 1.29 is 173 Å². The number of aliphatic hydroxyl groups excluding tert-OH is 20. The minimum atomic E-state index is -2.20. The second kappa shape index (κ2) is 27.7. The van der Waals surface area contributed by atoms with Gasteiger partial charge in [0, 0.05) is 12.1 Å². The third-order valence-electron chi connectivity index (χ3n) is 16.1. The van der Waals surface area contributed by atoms with E-state index in [0.717, 1.165) is 5.56 Å². The molecule has 83 heavy (non-hydrogen) atoms. The zero-order valence-corrected chi connectivity index (χ0v) is 44.1. The molecule has 0 unspecified atom stereocenters. The van der Waals surface area contributed by atoms with Crippen LogP contribution in [0.2, 0.25) is 0 Å². The van der Waals surface area contributed by atoms with Crippen molar-refractivity contribution >= 4 is 0 Å². The smallest absolute Gasteiger partial charge is 0.187 e. The predicted octanol–water partition coefficient (Wildman–Crippen LogP) is -13.9. The topological polar surface area (TPSA) is 538 Å². The summed E-state index contributed by atoms with van der Waals surface area (Å²) in [5, 5.41) is 223. The van der Waals surface area contributed by atoms with E-state index in [1.807, 2.05) is 0 Å². The highest BCUT2D eigenvalue weighted by Crippen LogP contribution is 2.39.